The van der Waals surface area contributed by atoms with Crippen molar-refractivity contribution in [1.29, 1.82) is 0 Å². The summed E-state index contributed by atoms with van der Waals surface area (Å²) >= 11 is 3.41. The van der Waals surface area contributed by atoms with Gasteiger partial charge < -0.3 is 19.2 Å². The Bertz CT molecular complexity index is 965. The van der Waals surface area contributed by atoms with Gasteiger partial charge in [-0.25, -0.2) is 9.59 Å². The number of halogens is 1. The molecule has 0 unspecified atom stereocenters. The van der Waals surface area contributed by atoms with Crippen LogP contribution >= 0.6 is 15.9 Å². The number of nitrogens with one attached hydrogen (secondary N) is 1. The van der Waals surface area contributed by atoms with Gasteiger partial charge in [-0.15, -0.1) is 0 Å². The molecule has 2 heterocycles. The Hall–Kier alpha value is -3.07. The molecule has 3 rings (SSSR count). The molecule has 28 heavy (non-hydrogen) atoms. The summed E-state index contributed by atoms with van der Waals surface area (Å²) in [6.07, 6.45) is 1.57. The number of benzene rings is 1. The van der Waals surface area contributed by atoms with Crippen LogP contribution in [0.2, 0.25) is 0 Å². The zero-order valence-electron chi connectivity index (χ0n) is 15.2. The molecule has 1 saturated heterocycles. The van der Waals surface area contributed by atoms with Gasteiger partial charge >= 0.3 is 12.0 Å². The smallest absolute Gasteiger partial charge is 0.373 e. The molecule has 0 aliphatic carbocycles. The van der Waals surface area contributed by atoms with Crippen molar-refractivity contribution in [2.75, 3.05) is 13.7 Å². The molecule has 0 bridgehead atoms. The highest BCUT2D eigenvalue weighted by Gasteiger charge is 2.34. The monoisotopic (exact) mass is 448 g/mol. The van der Waals surface area contributed by atoms with Gasteiger partial charge in [0.2, 0.25) is 5.76 Å². The highest BCUT2D eigenvalue weighted by atomic mass is 79.9. The second kappa shape index (κ2) is 8.30. The summed E-state index contributed by atoms with van der Waals surface area (Å²) in [5, 5.41) is 2.54. The molecule has 1 fully saturated rings. The van der Waals surface area contributed by atoms with Crippen LogP contribution in [0.1, 0.15) is 28.8 Å². The van der Waals surface area contributed by atoms with Crippen molar-refractivity contribution >= 4 is 39.9 Å². The Morgan fingerprint density at radius 3 is 2.75 bits per heavy atom. The molecule has 0 atom stereocenters. The second-order valence-corrected chi connectivity index (χ2v) is 6.61. The summed E-state index contributed by atoms with van der Waals surface area (Å²) in [6.45, 7) is 2.32. The first kappa shape index (κ1) is 19.7. The molecule has 0 spiro atoms. The van der Waals surface area contributed by atoms with Crippen LogP contribution in [0, 0.1) is 0 Å². The Balaban J connectivity index is 1.76. The Labute approximate surface area is 169 Å². The number of carbonyl (C=O) groups is 3. The first-order valence-corrected chi connectivity index (χ1v) is 9.16. The summed E-state index contributed by atoms with van der Waals surface area (Å²) in [7, 11) is 1.23. The fourth-order valence-corrected chi connectivity index (χ4v) is 3.10. The molecule has 1 aromatic heterocycles. The van der Waals surface area contributed by atoms with E-state index in [0.29, 0.717) is 17.9 Å². The topological polar surface area (TPSA) is 98.1 Å². The maximum absolute atomic E-state index is 12.6. The number of urea groups is 1. The van der Waals surface area contributed by atoms with Crippen LogP contribution in [0.25, 0.3) is 6.08 Å². The molecular formula is C19H17BrN2O6. The zero-order chi connectivity index (χ0) is 20.3. The normalized spacial score (nSPS) is 15.1. The third kappa shape index (κ3) is 4.09. The minimum atomic E-state index is -0.634. The van der Waals surface area contributed by atoms with Gasteiger partial charge in [0.1, 0.15) is 17.2 Å². The lowest BCUT2D eigenvalue weighted by atomic mass is 10.2. The SMILES string of the molecule is CCOc1ccc(C=C2NC(=O)N(Cc3ccc(C(=O)OC)o3)C2=O)cc1Br. The van der Waals surface area contributed by atoms with E-state index in [0.717, 1.165) is 9.37 Å². The number of nitrogens with zero attached hydrogens (tertiary/aromatic N) is 1. The number of amides is 3. The average molecular weight is 449 g/mol. The lowest BCUT2D eigenvalue weighted by Crippen LogP contribution is -2.30. The van der Waals surface area contributed by atoms with Gasteiger partial charge in [0.05, 0.1) is 24.7 Å². The van der Waals surface area contributed by atoms with Crippen LogP contribution in [-0.4, -0.2) is 36.5 Å². The van der Waals surface area contributed by atoms with Crippen molar-refractivity contribution < 1.29 is 28.3 Å². The highest BCUT2D eigenvalue weighted by molar-refractivity contribution is 9.10. The van der Waals surface area contributed by atoms with Gasteiger partial charge in [0.15, 0.2) is 0 Å². The van der Waals surface area contributed by atoms with Gasteiger partial charge in [-0.05, 0) is 58.8 Å². The molecule has 146 valence electrons. The molecule has 8 nitrogen and oxygen atoms in total. The van der Waals surface area contributed by atoms with Crippen LogP contribution in [0.4, 0.5) is 4.79 Å². The van der Waals surface area contributed by atoms with Gasteiger partial charge in [0.25, 0.3) is 5.91 Å². The minimum absolute atomic E-state index is 0.000409. The molecule has 1 N–H and O–H groups in total. The molecule has 1 aliphatic heterocycles. The summed E-state index contributed by atoms with van der Waals surface area (Å²) in [4.78, 5) is 37.2. The third-order valence-corrected chi connectivity index (χ3v) is 4.51. The van der Waals surface area contributed by atoms with Crippen molar-refractivity contribution in [3.63, 3.8) is 0 Å². The minimum Gasteiger partial charge on any atom is -0.493 e. The average Bonchev–Trinajstić information content (AvgIpc) is 3.24. The van der Waals surface area contributed by atoms with Crippen molar-refractivity contribution in [2.24, 2.45) is 0 Å². The van der Waals surface area contributed by atoms with Gasteiger partial charge in [-0.3, -0.25) is 9.69 Å². The van der Waals surface area contributed by atoms with Crippen molar-refractivity contribution in [1.82, 2.24) is 10.2 Å². The Morgan fingerprint density at radius 2 is 2.07 bits per heavy atom. The summed E-state index contributed by atoms with van der Waals surface area (Å²) in [5.41, 5.74) is 0.854. The van der Waals surface area contributed by atoms with E-state index in [9.17, 15) is 14.4 Å². The van der Waals surface area contributed by atoms with E-state index >= 15 is 0 Å². The van der Waals surface area contributed by atoms with Crippen molar-refractivity contribution in [2.45, 2.75) is 13.5 Å². The maximum Gasteiger partial charge on any atom is 0.373 e. The highest BCUT2D eigenvalue weighted by Crippen LogP contribution is 2.27. The number of ether oxygens (including phenoxy) is 2. The standard InChI is InChI=1S/C19H17BrN2O6/c1-3-27-15-6-4-11(8-13(15)20)9-14-17(23)22(19(25)21-14)10-12-5-7-16(28-12)18(24)26-2/h4-9H,3,10H2,1-2H3,(H,21,25). The maximum atomic E-state index is 12.6. The third-order valence-electron chi connectivity index (χ3n) is 3.89. The quantitative estimate of drug-likeness (QED) is 0.413. The molecule has 3 amide bonds. The lowest BCUT2D eigenvalue weighted by Gasteiger charge is -2.09. The van der Waals surface area contributed by atoms with Gasteiger partial charge in [0, 0.05) is 0 Å². The fraction of sp³-hybridized carbons (Fsp3) is 0.211. The van der Waals surface area contributed by atoms with Crippen LogP contribution in [0.3, 0.4) is 0 Å². The van der Waals surface area contributed by atoms with E-state index in [1.165, 1.54) is 19.2 Å². The number of imide groups is 1. The first-order valence-electron chi connectivity index (χ1n) is 8.36. The van der Waals surface area contributed by atoms with Crippen LogP contribution in [0.15, 0.2) is 44.9 Å². The Morgan fingerprint density at radius 1 is 1.29 bits per heavy atom. The molecule has 1 aliphatic rings. The number of hydrogen-bond donors (Lipinski definition) is 1. The summed E-state index contributed by atoms with van der Waals surface area (Å²) in [5.74, 6) is -0.156. The van der Waals surface area contributed by atoms with Crippen LogP contribution < -0.4 is 10.1 Å². The first-order chi connectivity index (χ1) is 13.4. The van der Waals surface area contributed by atoms with E-state index in [2.05, 4.69) is 26.0 Å². The number of furan rings is 1. The van der Waals surface area contributed by atoms with E-state index in [1.807, 2.05) is 6.92 Å². The predicted molar refractivity (Wildman–Crippen MR) is 102 cm³/mol. The molecule has 1 aromatic carbocycles. The molecule has 9 heteroatoms. The molecule has 2 aromatic rings. The van der Waals surface area contributed by atoms with Gasteiger partial charge in [-0.2, -0.15) is 0 Å². The van der Waals surface area contributed by atoms with Crippen molar-refractivity contribution in [3.8, 4) is 5.75 Å². The largest absolute Gasteiger partial charge is 0.493 e. The van der Waals surface area contributed by atoms with Gasteiger partial charge in [-0.1, -0.05) is 6.07 Å². The number of methoxy groups -OCH3 is 1. The number of carbonyl (C=O) groups excluding carboxylic acids is 3. The van der Waals surface area contributed by atoms with E-state index in [1.54, 1.807) is 24.3 Å². The predicted octanol–water partition coefficient (Wildman–Crippen LogP) is 3.32. The van der Waals surface area contributed by atoms with E-state index in [4.69, 9.17) is 9.15 Å². The number of hydrogen-bond acceptors (Lipinski definition) is 6. The zero-order valence-corrected chi connectivity index (χ0v) is 16.7. The summed E-state index contributed by atoms with van der Waals surface area (Å²) < 4.78 is 16.1. The lowest BCUT2D eigenvalue weighted by molar-refractivity contribution is -0.123. The Kier molecular flexibility index (Phi) is 5.84. The second-order valence-electron chi connectivity index (χ2n) is 5.76. The molecule has 0 saturated carbocycles. The van der Waals surface area contributed by atoms with Crippen molar-refractivity contribution in [3.05, 3.63) is 57.6 Å². The van der Waals surface area contributed by atoms with E-state index in [-0.39, 0.29) is 23.8 Å². The number of rotatable bonds is 6. The van der Waals surface area contributed by atoms with Crippen LogP contribution in [0.5, 0.6) is 5.75 Å². The number of esters is 1. The van der Waals surface area contributed by atoms with Crippen LogP contribution in [-0.2, 0) is 16.1 Å². The fourth-order valence-electron chi connectivity index (χ4n) is 2.59. The molecular weight excluding hydrogens is 432 g/mol. The molecule has 0 radical (unpaired) electrons. The van der Waals surface area contributed by atoms with E-state index < -0.39 is 17.9 Å². The summed E-state index contributed by atoms with van der Waals surface area (Å²) in [6, 6.07) is 7.70.